The molecule has 4 aliphatic rings. The Hall–Kier alpha value is -3.51. The highest BCUT2D eigenvalue weighted by atomic mass is 16.2. The van der Waals surface area contributed by atoms with Crippen molar-refractivity contribution in [3.63, 3.8) is 0 Å². The smallest absolute Gasteiger partial charge is 0.315 e. The molecule has 52 heavy (non-hydrogen) atoms. The lowest BCUT2D eigenvalue weighted by molar-refractivity contribution is -0.153. The minimum Gasteiger partial charge on any atom is -0.349 e. The van der Waals surface area contributed by atoms with Crippen LogP contribution in [0.2, 0.25) is 0 Å². The van der Waals surface area contributed by atoms with Crippen LogP contribution in [0.3, 0.4) is 0 Å². The molecule has 0 aromatic heterocycles. The molecule has 4 rings (SSSR count). The molecule has 0 bridgehead atoms. The van der Waals surface area contributed by atoms with E-state index in [1.54, 1.807) is 4.90 Å². The lowest BCUT2D eigenvalue weighted by atomic mass is 9.80. The van der Waals surface area contributed by atoms with Gasteiger partial charge in [0.05, 0.1) is 12.1 Å². The van der Waals surface area contributed by atoms with Crippen LogP contribution in [0.4, 0.5) is 4.79 Å². The zero-order valence-corrected chi connectivity index (χ0v) is 32.8. The normalized spacial score (nSPS) is 29.0. The van der Waals surface area contributed by atoms with E-state index in [0.717, 1.165) is 32.1 Å². The predicted octanol–water partition coefficient (Wildman–Crippen LogP) is 3.83. The summed E-state index contributed by atoms with van der Waals surface area (Å²) < 4.78 is 0. The number of amides is 7. The number of carbonyl (C=O) groups is 7. The maximum atomic E-state index is 14.4. The summed E-state index contributed by atoms with van der Waals surface area (Å²) in [6, 6.07) is -3.93. The summed E-state index contributed by atoms with van der Waals surface area (Å²) in [6.45, 7) is 16.3. The predicted molar refractivity (Wildman–Crippen MR) is 196 cm³/mol. The summed E-state index contributed by atoms with van der Waals surface area (Å²) in [7, 11) is 0. The van der Waals surface area contributed by atoms with Crippen molar-refractivity contribution in [1.29, 1.82) is 0 Å². The van der Waals surface area contributed by atoms with Crippen LogP contribution < -0.4 is 21.3 Å². The molecule has 4 fully saturated rings. The largest absolute Gasteiger partial charge is 0.349 e. The van der Waals surface area contributed by atoms with Crippen molar-refractivity contribution in [3.05, 3.63) is 0 Å². The van der Waals surface area contributed by atoms with Crippen LogP contribution in [-0.2, 0) is 28.8 Å². The lowest BCUT2D eigenvalue weighted by Gasteiger charge is -2.40. The number of ketones is 1. The number of urea groups is 1. The highest BCUT2D eigenvalue weighted by Crippen LogP contribution is 2.65. The summed E-state index contributed by atoms with van der Waals surface area (Å²) in [5, 5.41) is 11.4. The Bertz CT molecular complexity index is 1370. The zero-order chi connectivity index (χ0) is 38.6. The number of Topliss-reactive ketones (excluding diaryl/α,β-unsaturated/α-hetero) is 1. The summed E-state index contributed by atoms with van der Waals surface area (Å²) in [5.41, 5.74) is -1.13. The second kappa shape index (κ2) is 16.7. The number of likely N-dealkylation sites (tertiary alicyclic amines) is 1. The number of nitrogens with zero attached hydrogens (tertiary/aromatic N) is 2. The summed E-state index contributed by atoms with van der Waals surface area (Å²) >= 11 is 0. The number of fused-ring (bicyclic) bond motifs is 3. The average molecular weight is 729 g/mol. The molecule has 1 saturated carbocycles. The van der Waals surface area contributed by atoms with Crippen LogP contribution in [0.25, 0.3) is 0 Å². The Morgan fingerprint density at radius 2 is 1.46 bits per heavy atom. The fraction of sp³-hybridized carbons (Fsp3) is 0.821. The maximum Gasteiger partial charge on any atom is 0.315 e. The zero-order valence-electron chi connectivity index (χ0n) is 32.8. The van der Waals surface area contributed by atoms with Gasteiger partial charge in [-0.05, 0) is 47.3 Å². The summed E-state index contributed by atoms with van der Waals surface area (Å²) in [6.07, 6.45) is 7.89. The molecule has 7 amide bonds. The molecule has 0 aromatic carbocycles. The van der Waals surface area contributed by atoms with Crippen LogP contribution in [0.1, 0.15) is 132 Å². The van der Waals surface area contributed by atoms with Crippen LogP contribution >= 0.6 is 0 Å². The lowest BCUT2D eigenvalue weighted by Crippen LogP contribution is -2.61. The molecule has 13 heteroatoms. The molecular formula is C39H64N6O7. The molecule has 0 spiro atoms. The average Bonchev–Trinajstić information content (AvgIpc) is 3.35. The van der Waals surface area contributed by atoms with Crippen molar-refractivity contribution in [1.82, 2.24) is 31.1 Å². The van der Waals surface area contributed by atoms with Gasteiger partial charge in [-0.1, -0.05) is 100 Å². The molecule has 13 nitrogen and oxygen atoms in total. The standard InChI is InChI=1S/C39H64N6O7/c1-9-19-40-34(50)32(48)25-17-15-13-11-10-12-14-16-18-26(35(51)45-22-24-30(39(24,7)8)31(45)33(49)41-25)42-36(52)43-27(37(2,3)4)23-44-28(46)20-38(5,6)21-29(44)47/h24-27,30-31H,9-23H2,1-8H3,(H,40,50)(H,41,49)(H2,42,43,52)/t24-,25+,26-,27+,30-,31-/m0/s1. The van der Waals surface area contributed by atoms with Gasteiger partial charge in [-0.25, -0.2) is 4.79 Å². The first-order chi connectivity index (χ1) is 24.3. The van der Waals surface area contributed by atoms with Gasteiger partial charge in [0.25, 0.3) is 5.91 Å². The minimum atomic E-state index is -0.992. The molecule has 6 atom stereocenters. The van der Waals surface area contributed by atoms with Crippen molar-refractivity contribution in [2.24, 2.45) is 28.1 Å². The van der Waals surface area contributed by atoms with Crippen LogP contribution in [0, 0.1) is 28.1 Å². The minimum absolute atomic E-state index is 0.0203. The van der Waals surface area contributed by atoms with Gasteiger partial charge in [-0.2, -0.15) is 0 Å². The number of nitrogens with one attached hydrogen (secondary N) is 4. The van der Waals surface area contributed by atoms with E-state index in [9.17, 15) is 33.6 Å². The third-order valence-corrected chi connectivity index (χ3v) is 11.8. The van der Waals surface area contributed by atoms with Gasteiger partial charge in [-0.15, -0.1) is 0 Å². The molecule has 3 heterocycles. The third kappa shape index (κ3) is 9.92. The van der Waals surface area contributed by atoms with E-state index in [1.165, 1.54) is 4.90 Å². The van der Waals surface area contributed by atoms with Gasteiger partial charge in [0.1, 0.15) is 12.1 Å². The topological polar surface area (TPSA) is 174 Å². The first kappa shape index (κ1) is 41.2. The highest BCUT2D eigenvalue weighted by molar-refractivity contribution is 6.38. The molecule has 0 aromatic rings. The van der Waals surface area contributed by atoms with Crippen LogP contribution in [0.5, 0.6) is 0 Å². The van der Waals surface area contributed by atoms with Gasteiger partial charge in [-0.3, -0.25) is 33.7 Å². The van der Waals surface area contributed by atoms with Crippen molar-refractivity contribution in [3.8, 4) is 0 Å². The number of hydrogen-bond donors (Lipinski definition) is 4. The third-order valence-electron chi connectivity index (χ3n) is 11.8. The fourth-order valence-corrected chi connectivity index (χ4v) is 8.35. The fourth-order valence-electron chi connectivity index (χ4n) is 8.35. The van der Waals surface area contributed by atoms with E-state index in [4.69, 9.17) is 0 Å². The highest BCUT2D eigenvalue weighted by Gasteiger charge is 2.69. The van der Waals surface area contributed by atoms with E-state index < -0.39 is 58.6 Å². The van der Waals surface area contributed by atoms with Crippen molar-refractivity contribution < 1.29 is 33.6 Å². The van der Waals surface area contributed by atoms with Gasteiger partial charge in [0, 0.05) is 32.5 Å². The quantitative estimate of drug-likeness (QED) is 0.217. The summed E-state index contributed by atoms with van der Waals surface area (Å²) in [5.74, 6) is -2.77. The first-order valence-corrected chi connectivity index (χ1v) is 19.6. The number of carbonyl (C=O) groups excluding carboxylic acids is 7. The second-order valence-electron chi connectivity index (χ2n) is 18.1. The number of imide groups is 1. The van der Waals surface area contributed by atoms with Crippen molar-refractivity contribution in [2.75, 3.05) is 19.6 Å². The Morgan fingerprint density at radius 3 is 2.04 bits per heavy atom. The number of piperidine rings is 2. The molecule has 0 unspecified atom stereocenters. The van der Waals surface area contributed by atoms with E-state index in [1.807, 2.05) is 41.5 Å². The summed E-state index contributed by atoms with van der Waals surface area (Å²) in [4.78, 5) is 97.1. The van der Waals surface area contributed by atoms with Gasteiger partial charge < -0.3 is 26.2 Å². The van der Waals surface area contributed by atoms with Gasteiger partial charge >= 0.3 is 6.03 Å². The Kier molecular flexibility index (Phi) is 13.2. The molecule has 3 saturated heterocycles. The number of hydrogen-bond acceptors (Lipinski definition) is 7. The Morgan fingerprint density at radius 1 is 0.885 bits per heavy atom. The Balaban J connectivity index is 1.55. The SMILES string of the molecule is CCCNC(=O)C(=O)[C@H]1CCCCCCCCC[C@H](NC(=O)N[C@H](CN2C(=O)CC(C)(C)CC2=O)C(C)(C)C)C(=O)N2C[C@H]3[C@@H]([C@H]2C(=O)N1)C3(C)C. The maximum absolute atomic E-state index is 14.4. The molecule has 3 aliphatic heterocycles. The van der Waals surface area contributed by atoms with Crippen molar-refractivity contribution in [2.45, 2.75) is 157 Å². The van der Waals surface area contributed by atoms with Crippen molar-refractivity contribution >= 4 is 41.4 Å². The van der Waals surface area contributed by atoms with Gasteiger partial charge in [0.15, 0.2) is 0 Å². The Labute approximate surface area is 309 Å². The number of rotatable bonds is 8. The molecule has 0 radical (unpaired) electrons. The monoisotopic (exact) mass is 728 g/mol. The first-order valence-electron chi connectivity index (χ1n) is 19.6. The van der Waals surface area contributed by atoms with E-state index in [-0.39, 0.29) is 54.4 Å². The molecular weight excluding hydrogens is 664 g/mol. The molecule has 1 aliphatic carbocycles. The molecule has 4 N–H and O–H groups in total. The van der Waals surface area contributed by atoms with E-state index in [0.29, 0.717) is 45.2 Å². The molecule has 292 valence electrons. The van der Waals surface area contributed by atoms with Crippen LogP contribution in [-0.4, -0.2) is 95.0 Å². The van der Waals surface area contributed by atoms with E-state index >= 15 is 0 Å². The van der Waals surface area contributed by atoms with E-state index in [2.05, 4.69) is 35.1 Å². The second-order valence-corrected chi connectivity index (χ2v) is 18.1. The van der Waals surface area contributed by atoms with Crippen LogP contribution in [0.15, 0.2) is 0 Å². The van der Waals surface area contributed by atoms with Gasteiger partial charge in [0.2, 0.25) is 29.4 Å².